The van der Waals surface area contributed by atoms with Gasteiger partial charge in [0.15, 0.2) is 0 Å². The first-order valence-corrected chi connectivity index (χ1v) is 7.99. The van der Waals surface area contributed by atoms with E-state index in [0.717, 1.165) is 5.56 Å². The Hall–Kier alpha value is -3.42. The van der Waals surface area contributed by atoms with Crippen molar-refractivity contribution in [3.63, 3.8) is 0 Å². The van der Waals surface area contributed by atoms with E-state index >= 15 is 0 Å². The molecule has 1 heterocycles. The van der Waals surface area contributed by atoms with Crippen LogP contribution in [0.3, 0.4) is 0 Å². The molecule has 0 bridgehead atoms. The summed E-state index contributed by atoms with van der Waals surface area (Å²) in [6.07, 6.45) is 5.03. The van der Waals surface area contributed by atoms with E-state index in [1.165, 1.54) is 6.20 Å². The third-order valence-corrected chi connectivity index (χ3v) is 3.65. The van der Waals surface area contributed by atoms with Gasteiger partial charge in [0.25, 0.3) is 0 Å². The minimum atomic E-state index is -0.542. The topological polar surface area (TPSA) is 120 Å². The number of nitrogen functional groups attached to an aromatic ring is 1. The number of anilines is 1. The Morgan fingerprint density at radius 1 is 1.38 bits per heavy atom. The van der Waals surface area contributed by atoms with Gasteiger partial charge in [0.05, 0.1) is 4.92 Å². The van der Waals surface area contributed by atoms with E-state index in [1.54, 1.807) is 19.1 Å². The van der Waals surface area contributed by atoms with Crippen molar-refractivity contribution in [2.75, 3.05) is 12.3 Å². The molecule has 2 rings (SSSR count). The molecule has 26 heavy (non-hydrogen) atoms. The van der Waals surface area contributed by atoms with Crippen LogP contribution in [0.15, 0.2) is 42.6 Å². The van der Waals surface area contributed by atoms with Crippen LogP contribution in [0.5, 0.6) is 0 Å². The van der Waals surface area contributed by atoms with Crippen LogP contribution in [0.1, 0.15) is 23.1 Å². The van der Waals surface area contributed by atoms with Gasteiger partial charge in [-0.05, 0) is 18.9 Å². The molecule has 0 saturated heterocycles. The molecule has 136 valence electrons. The number of pyridine rings is 1. The number of nitrogens with two attached hydrogens (primary N) is 1. The summed E-state index contributed by atoms with van der Waals surface area (Å²) < 4.78 is 5.09. The van der Waals surface area contributed by atoms with Crippen molar-refractivity contribution >= 4 is 23.7 Å². The van der Waals surface area contributed by atoms with Gasteiger partial charge in [-0.2, -0.15) is 0 Å². The fourth-order valence-electron chi connectivity index (χ4n) is 2.27. The van der Waals surface area contributed by atoms with E-state index in [0.29, 0.717) is 24.1 Å². The third kappa shape index (κ3) is 5.30. The summed E-state index contributed by atoms with van der Waals surface area (Å²) in [6, 6.07) is 9.39. The third-order valence-electron chi connectivity index (χ3n) is 3.65. The molecule has 2 aromatic rings. The van der Waals surface area contributed by atoms with Crippen molar-refractivity contribution < 1.29 is 14.5 Å². The van der Waals surface area contributed by atoms with Crippen molar-refractivity contribution in [1.82, 2.24) is 10.3 Å². The van der Waals surface area contributed by atoms with Gasteiger partial charge in [0, 0.05) is 23.9 Å². The second-order valence-corrected chi connectivity index (χ2v) is 5.51. The highest BCUT2D eigenvalue weighted by atomic mass is 16.6. The monoisotopic (exact) mass is 356 g/mol. The van der Waals surface area contributed by atoms with E-state index in [9.17, 15) is 14.9 Å². The van der Waals surface area contributed by atoms with Gasteiger partial charge in [-0.1, -0.05) is 42.5 Å². The zero-order chi connectivity index (χ0) is 18.9. The molecule has 8 heteroatoms. The van der Waals surface area contributed by atoms with E-state index in [1.807, 2.05) is 30.3 Å². The maximum atomic E-state index is 11.6. The van der Waals surface area contributed by atoms with Crippen molar-refractivity contribution in [3.8, 4) is 0 Å². The smallest absolute Gasteiger partial charge is 0.407 e. The number of hydrogen-bond donors (Lipinski definition) is 2. The highest BCUT2D eigenvalue weighted by Gasteiger charge is 2.18. The number of aromatic nitrogens is 1. The van der Waals surface area contributed by atoms with Crippen LogP contribution in [0.2, 0.25) is 0 Å². The number of hydrogen-bond acceptors (Lipinski definition) is 6. The van der Waals surface area contributed by atoms with Crippen LogP contribution >= 0.6 is 0 Å². The first-order valence-electron chi connectivity index (χ1n) is 7.99. The first kappa shape index (κ1) is 18.9. The fourth-order valence-corrected chi connectivity index (χ4v) is 2.27. The van der Waals surface area contributed by atoms with Crippen LogP contribution in [0, 0.1) is 17.0 Å². The lowest BCUT2D eigenvalue weighted by Gasteiger charge is -2.06. The quantitative estimate of drug-likeness (QED) is 0.446. The van der Waals surface area contributed by atoms with Gasteiger partial charge < -0.3 is 15.8 Å². The number of amides is 1. The van der Waals surface area contributed by atoms with Crippen molar-refractivity contribution in [3.05, 3.63) is 69.4 Å². The Kier molecular flexibility index (Phi) is 6.67. The van der Waals surface area contributed by atoms with Gasteiger partial charge in [0.1, 0.15) is 6.61 Å². The molecule has 3 N–H and O–H groups in total. The summed E-state index contributed by atoms with van der Waals surface area (Å²) in [5.74, 6) is -0.104. The summed E-state index contributed by atoms with van der Waals surface area (Å²) in [5.41, 5.74) is 7.32. The van der Waals surface area contributed by atoms with E-state index in [2.05, 4.69) is 10.3 Å². The second-order valence-electron chi connectivity index (χ2n) is 5.51. The predicted molar refractivity (Wildman–Crippen MR) is 98.3 cm³/mol. The van der Waals surface area contributed by atoms with Crippen LogP contribution in [0.25, 0.3) is 6.08 Å². The molecule has 0 radical (unpaired) electrons. The maximum Gasteiger partial charge on any atom is 0.407 e. The summed E-state index contributed by atoms with van der Waals surface area (Å²) in [6.45, 7) is 2.21. The molecular formula is C18H20N4O4. The molecule has 0 saturated carbocycles. The minimum absolute atomic E-state index is 0.104. The lowest BCUT2D eigenvalue weighted by atomic mass is 10.1. The standard InChI is InChI=1S/C18H20N4O4/c1-13-15(11-21-17(19)16(13)22(24)25)9-5-6-10-20-18(23)26-12-14-7-3-2-4-8-14/h2-5,7-9,11H,6,10,12H2,1H3,(H2,19,21)(H,20,23). The second kappa shape index (κ2) is 9.16. The molecule has 0 unspecified atom stereocenters. The number of ether oxygens (including phenoxy) is 1. The Labute approximate surface area is 150 Å². The fraction of sp³-hybridized carbons (Fsp3) is 0.222. The van der Waals surface area contributed by atoms with E-state index < -0.39 is 11.0 Å². The molecule has 1 aromatic carbocycles. The Balaban J connectivity index is 1.78. The Morgan fingerprint density at radius 3 is 2.81 bits per heavy atom. The summed E-state index contributed by atoms with van der Waals surface area (Å²) in [4.78, 5) is 25.9. The highest BCUT2D eigenvalue weighted by Crippen LogP contribution is 2.26. The molecule has 0 atom stereocenters. The number of benzene rings is 1. The van der Waals surface area contributed by atoms with Crippen molar-refractivity contribution in [1.29, 1.82) is 0 Å². The molecule has 0 fully saturated rings. The number of nitrogens with zero attached hydrogens (tertiary/aromatic N) is 2. The van der Waals surface area contributed by atoms with Gasteiger partial charge in [-0.15, -0.1) is 0 Å². The molecule has 0 aliphatic heterocycles. The molecular weight excluding hydrogens is 336 g/mol. The Bertz CT molecular complexity index is 806. The average Bonchev–Trinajstić information content (AvgIpc) is 2.62. The van der Waals surface area contributed by atoms with E-state index in [4.69, 9.17) is 10.5 Å². The molecule has 0 spiro atoms. The van der Waals surface area contributed by atoms with Crippen molar-refractivity contribution in [2.45, 2.75) is 20.0 Å². The molecule has 8 nitrogen and oxygen atoms in total. The maximum absolute atomic E-state index is 11.6. The summed E-state index contributed by atoms with van der Waals surface area (Å²) in [7, 11) is 0. The average molecular weight is 356 g/mol. The number of nitrogens with one attached hydrogen (secondary N) is 1. The highest BCUT2D eigenvalue weighted by molar-refractivity contribution is 5.67. The summed E-state index contributed by atoms with van der Waals surface area (Å²) >= 11 is 0. The van der Waals surface area contributed by atoms with Crippen LogP contribution in [0.4, 0.5) is 16.3 Å². The predicted octanol–water partition coefficient (Wildman–Crippen LogP) is 3.21. The van der Waals surface area contributed by atoms with Gasteiger partial charge >= 0.3 is 11.8 Å². The van der Waals surface area contributed by atoms with Gasteiger partial charge in [-0.3, -0.25) is 10.1 Å². The lowest BCUT2D eigenvalue weighted by molar-refractivity contribution is -0.384. The number of carbonyl (C=O) groups is 1. The largest absolute Gasteiger partial charge is 0.445 e. The van der Waals surface area contributed by atoms with Crippen molar-refractivity contribution in [2.24, 2.45) is 0 Å². The lowest BCUT2D eigenvalue weighted by Crippen LogP contribution is -2.24. The van der Waals surface area contributed by atoms with Crippen LogP contribution in [-0.2, 0) is 11.3 Å². The molecule has 1 aromatic heterocycles. The molecule has 0 aliphatic carbocycles. The first-order chi connectivity index (χ1) is 12.5. The SMILES string of the molecule is Cc1c(C=CCCNC(=O)OCc2ccccc2)cnc(N)c1[N+](=O)[O-]. The normalized spacial score (nSPS) is 10.7. The van der Waals surface area contributed by atoms with Gasteiger partial charge in [0.2, 0.25) is 5.82 Å². The minimum Gasteiger partial charge on any atom is -0.445 e. The number of alkyl carbamates (subject to hydrolysis) is 1. The number of rotatable bonds is 7. The number of carbonyl (C=O) groups excluding carboxylic acids is 1. The molecule has 1 amide bonds. The van der Waals surface area contributed by atoms with Crippen LogP contribution < -0.4 is 11.1 Å². The molecule has 0 aliphatic rings. The van der Waals surface area contributed by atoms with Crippen LogP contribution in [-0.4, -0.2) is 22.5 Å². The summed E-state index contributed by atoms with van der Waals surface area (Å²) in [5, 5.41) is 13.6. The zero-order valence-corrected chi connectivity index (χ0v) is 14.3. The van der Waals surface area contributed by atoms with E-state index in [-0.39, 0.29) is 18.1 Å². The zero-order valence-electron chi connectivity index (χ0n) is 14.3. The van der Waals surface area contributed by atoms with Gasteiger partial charge in [-0.25, -0.2) is 9.78 Å². The Morgan fingerprint density at radius 2 is 2.12 bits per heavy atom. The number of nitro groups is 1.